The molecule has 8 heteroatoms. The van der Waals surface area contributed by atoms with Gasteiger partial charge >= 0.3 is 0 Å². The number of hydrogen-bond donors (Lipinski definition) is 2. The Bertz CT molecular complexity index is 1130. The maximum atomic E-state index is 12.8. The summed E-state index contributed by atoms with van der Waals surface area (Å²) in [5.74, 6) is -0.295. The number of carbonyl (C=O) groups is 2. The van der Waals surface area contributed by atoms with Crippen LogP contribution in [0.3, 0.4) is 0 Å². The number of halogens is 1. The summed E-state index contributed by atoms with van der Waals surface area (Å²) in [6.07, 6.45) is 3.00. The van der Waals surface area contributed by atoms with Crippen molar-refractivity contribution in [3.63, 3.8) is 0 Å². The quantitative estimate of drug-likeness (QED) is 0.631. The van der Waals surface area contributed by atoms with Crippen molar-refractivity contribution >= 4 is 29.1 Å². The first kappa shape index (κ1) is 20.8. The second-order valence-electron chi connectivity index (χ2n) is 6.21. The molecule has 3 rings (SSSR count). The van der Waals surface area contributed by atoms with Crippen LogP contribution in [0.1, 0.15) is 31.8 Å². The van der Waals surface area contributed by atoms with Gasteiger partial charge in [0.25, 0.3) is 11.8 Å². The van der Waals surface area contributed by atoms with Gasteiger partial charge in [0.15, 0.2) is 0 Å². The minimum atomic E-state index is -0.441. The third-order valence-corrected chi connectivity index (χ3v) is 4.55. The van der Waals surface area contributed by atoms with Crippen LogP contribution in [0, 0.1) is 11.3 Å². The standard InChI is InChI=1S/C22H17ClN4O3/c1-30-20-5-3-15(11-18(20)23)13-26-22(29)17-10-14(12-24)2-4-19(17)27-21(28)16-6-8-25-9-7-16/h2-11H,13H2,1H3,(H,26,29)(H,27,28). The summed E-state index contributed by atoms with van der Waals surface area (Å²) in [5.41, 5.74) is 1.94. The Kier molecular flexibility index (Phi) is 6.63. The Morgan fingerprint density at radius 1 is 1.10 bits per heavy atom. The van der Waals surface area contributed by atoms with Gasteiger partial charge in [-0.3, -0.25) is 14.6 Å². The summed E-state index contributed by atoms with van der Waals surface area (Å²) >= 11 is 6.12. The number of pyridine rings is 1. The van der Waals surface area contributed by atoms with Gasteiger partial charge in [-0.15, -0.1) is 0 Å². The number of aromatic nitrogens is 1. The van der Waals surface area contributed by atoms with E-state index >= 15 is 0 Å². The maximum Gasteiger partial charge on any atom is 0.255 e. The van der Waals surface area contributed by atoms with E-state index in [0.29, 0.717) is 27.6 Å². The highest BCUT2D eigenvalue weighted by atomic mass is 35.5. The Labute approximate surface area is 178 Å². The number of ether oxygens (including phenoxy) is 1. The molecular formula is C22H17ClN4O3. The van der Waals surface area contributed by atoms with Gasteiger partial charge in [-0.2, -0.15) is 5.26 Å². The molecule has 30 heavy (non-hydrogen) atoms. The van der Waals surface area contributed by atoms with Crippen molar-refractivity contribution in [3.8, 4) is 11.8 Å². The van der Waals surface area contributed by atoms with Crippen LogP contribution in [-0.2, 0) is 6.54 Å². The van der Waals surface area contributed by atoms with Crippen molar-refractivity contribution in [3.05, 3.63) is 88.2 Å². The third-order valence-electron chi connectivity index (χ3n) is 4.25. The number of nitrogens with zero attached hydrogens (tertiary/aromatic N) is 2. The van der Waals surface area contributed by atoms with Crippen molar-refractivity contribution in [1.29, 1.82) is 5.26 Å². The Balaban J connectivity index is 1.79. The van der Waals surface area contributed by atoms with Crippen LogP contribution in [0.25, 0.3) is 0 Å². The van der Waals surface area contributed by atoms with Crippen LogP contribution >= 0.6 is 11.6 Å². The van der Waals surface area contributed by atoms with Crippen LogP contribution in [0.5, 0.6) is 5.75 Å². The highest BCUT2D eigenvalue weighted by Crippen LogP contribution is 2.25. The van der Waals surface area contributed by atoms with Gasteiger partial charge in [-0.1, -0.05) is 17.7 Å². The molecule has 0 aliphatic heterocycles. The fourth-order valence-electron chi connectivity index (χ4n) is 2.71. The lowest BCUT2D eigenvalue weighted by Crippen LogP contribution is -2.25. The van der Waals surface area contributed by atoms with Crippen molar-refractivity contribution in [2.45, 2.75) is 6.54 Å². The van der Waals surface area contributed by atoms with Gasteiger partial charge in [0, 0.05) is 24.5 Å². The molecule has 150 valence electrons. The number of amides is 2. The number of methoxy groups -OCH3 is 1. The molecular weight excluding hydrogens is 404 g/mol. The summed E-state index contributed by atoms with van der Waals surface area (Å²) in [6.45, 7) is 0.205. The van der Waals surface area contributed by atoms with E-state index in [1.54, 1.807) is 30.3 Å². The number of nitrogens with one attached hydrogen (secondary N) is 2. The minimum Gasteiger partial charge on any atom is -0.495 e. The summed E-state index contributed by atoms with van der Waals surface area (Å²) in [6, 6.07) is 14.8. The normalized spacial score (nSPS) is 10.0. The predicted molar refractivity (Wildman–Crippen MR) is 113 cm³/mol. The summed E-state index contributed by atoms with van der Waals surface area (Å²) in [5, 5.41) is 15.1. The van der Waals surface area contributed by atoms with Gasteiger partial charge in [0.05, 0.1) is 35.0 Å². The number of benzene rings is 2. The first-order valence-corrected chi connectivity index (χ1v) is 9.25. The summed E-state index contributed by atoms with van der Waals surface area (Å²) < 4.78 is 5.12. The average molecular weight is 421 g/mol. The van der Waals surface area contributed by atoms with Gasteiger partial charge in [-0.25, -0.2) is 0 Å². The molecule has 2 amide bonds. The number of rotatable bonds is 6. The lowest BCUT2D eigenvalue weighted by atomic mass is 10.1. The monoisotopic (exact) mass is 420 g/mol. The highest BCUT2D eigenvalue weighted by Gasteiger charge is 2.16. The third kappa shape index (κ3) is 4.93. The van der Waals surface area contributed by atoms with Crippen LogP contribution in [0.2, 0.25) is 5.02 Å². The van der Waals surface area contributed by atoms with Crippen molar-refractivity contribution < 1.29 is 14.3 Å². The van der Waals surface area contributed by atoms with Crippen LogP contribution in [0.4, 0.5) is 5.69 Å². The molecule has 3 aromatic rings. The maximum absolute atomic E-state index is 12.8. The van der Waals surface area contributed by atoms with E-state index in [2.05, 4.69) is 15.6 Å². The lowest BCUT2D eigenvalue weighted by molar-refractivity contribution is 0.0951. The van der Waals surface area contributed by atoms with Crippen molar-refractivity contribution in [2.75, 3.05) is 12.4 Å². The fraction of sp³-hybridized carbons (Fsp3) is 0.0909. The summed E-state index contributed by atoms with van der Waals surface area (Å²) in [7, 11) is 1.52. The molecule has 0 bridgehead atoms. The number of carbonyl (C=O) groups excluding carboxylic acids is 2. The second kappa shape index (κ2) is 9.54. The molecule has 0 spiro atoms. The Hall–Kier alpha value is -3.89. The Morgan fingerprint density at radius 2 is 1.87 bits per heavy atom. The first-order valence-electron chi connectivity index (χ1n) is 8.88. The van der Waals surface area contributed by atoms with Crippen LogP contribution in [-0.4, -0.2) is 23.9 Å². The van der Waals surface area contributed by atoms with Crippen molar-refractivity contribution in [1.82, 2.24) is 10.3 Å². The molecule has 2 N–H and O–H groups in total. The topological polar surface area (TPSA) is 104 Å². The van der Waals surface area contributed by atoms with Gasteiger partial charge in [0.2, 0.25) is 0 Å². The molecule has 1 heterocycles. The smallest absolute Gasteiger partial charge is 0.255 e. The van der Waals surface area contributed by atoms with Gasteiger partial charge in [-0.05, 0) is 48.0 Å². The van der Waals surface area contributed by atoms with Crippen LogP contribution in [0.15, 0.2) is 60.9 Å². The molecule has 0 saturated heterocycles. The SMILES string of the molecule is COc1ccc(CNC(=O)c2cc(C#N)ccc2NC(=O)c2ccncc2)cc1Cl. The first-order chi connectivity index (χ1) is 14.5. The second-order valence-corrected chi connectivity index (χ2v) is 6.62. The van der Waals surface area contributed by atoms with Crippen LogP contribution < -0.4 is 15.4 Å². The zero-order valence-electron chi connectivity index (χ0n) is 16.0. The average Bonchev–Trinajstić information content (AvgIpc) is 2.78. The fourth-order valence-corrected chi connectivity index (χ4v) is 2.99. The number of hydrogen-bond acceptors (Lipinski definition) is 5. The van der Waals surface area contributed by atoms with Gasteiger partial charge in [0.1, 0.15) is 5.75 Å². The van der Waals surface area contributed by atoms with Gasteiger partial charge < -0.3 is 15.4 Å². The summed E-state index contributed by atoms with van der Waals surface area (Å²) in [4.78, 5) is 29.1. The molecule has 0 fully saturated rings. The molecule has 2 aromatic carbocycles. The van der Waals surface area contributed by atoms with E-state index in [1.165, 1.54) is 37.7 Å². The van der Waals surface area contributed by atoms with E-state index in [1.807, 2.05) is 6.07 Å². The van der Waals surface area contributed by atoms with E-state index in [-0.39, 0.29) is 12.1 Å². The predicted octanol–water partition coefficient (Wildman–Crippen LogP) is 3.80. The zero-order chi connectivity index (χ0) is 21.5. The van der Waals surface area contributed by atoms with E-state index in [9.17, 15) is 14.9 Å². The molecule has 0 unspecified atom stereocenters. The van der Waals surface area contributed by atoms with E-state index in [4.69, 9.17) is 16.3 Å². The van der Waals surface area contributed by atoms with Crippen molar-refractivity contribution in [2.24, 2.45) is 0 Å². The molecule has 0 aliphatic rings. The molecule has 0 aliphatic carbocycles. The lowest BCUT2D eigenvalue weighted by Gasteiger charge is -2.13. The molecule has 0 atom stereocenters. The van der Waals surface area contributed by atoms with E-state index in [0.717, 1.165) is 5.56 Å². The zero-order valence-corrected chi connectivity index (χ0v) is 16.7. The number of nitriles is 1. The largest absolute Gasteiger partial charge is 0.495 e. The molecule has 1 aromatic heterocycles. The Morgan fingerprint density at radius 3 is 2.53 bits per heavy atom. The molecule has 0 saturated carbocycles. The minimum absolute atomic E-state index is 0.177. The molecule has 0 radical (unpaired) electrons. The highest BCUT2D eigenvalue weighted by molar-refractivity contribution is 6.32. The molecule has 7 nitrogen and oxygen atoms in total. The number of anilines is 1. The van der Waals surface area contributed by atoms with E-state index < -0.39 is 11.8 Å².